The highest BCUT2D eigenvalue weighted by Gasteiger charge is 2.44. The summed E-state index contributed by atoms with van der Waals surface area (Å²) >= 11 is 6.23. The number of fused-ring (bicyclic) bond motifs is 1. The molecule has 5 rings (SSSR count). The molecule has 3 heterocycles. The minimum atomic E-state index is -4.37. The van der Waals surface area contributed by atoms with Gasteiger partial charge in [0.1, 0.15) is 36.1 Å². The number of benzene rings is 1. The highest BCUT2D eigenvalue weighted by Crippen LogP contribution is 2.40. The average molecular weight is 539 g/mol. The minimum absolute atomic E-state index is 0.00389. The van der Waals surface area contributed by atoms with E-state index in [4.69, 9.17) is 30.9 Å². The zero-order chi connectivity index (χ0) is 25.6. The lowest BCUT2D eigenvalue weighted by atomic mass is 10.0. The lowest BCUT2D eigenvalue weighted by molar-refractivity contribution is -0.0610. The van der Waals surface area contributed by atoms with Crippen LogP contribution in [0.25, 0.3) is 11.0 Å². The topological polar surface area (TPSA) is 159 Å². The first-order chi connectivity index (χ1) is 17.1. The van der Waals surface area contributed by atoms with Crippen LogP contribution in [0.4, 0.5) is 5.82 Å². The third-order valence-corrected chi connectivity index (χ3v) is 7.22. The maximum Gasteiger partial charge on any atom is 0.350 e. The Bertz CT molecular complexity index is 1280. The van der Waals surface area contributed by atoms with Crippen LogP contribution in [0.5, 0.6) is 0 Å². The van der Waals surface area contributed by atoms with Gasteiger partial charge in [0.15, 0.2) is 6.23 Å². The number of aliphatic hydroxyl groups is 2. The average Bonchev–Trinajstić information content (AvgIpc) is 3.54. The van der Waals surface area contributed by atoms with E-state index in [1.807, 2.05) is 6.92 Å². The Balaban J connectivity index is 1.35. The summed E-state index contributed by atoms with van der Waals surface area (Å²) in [5, 5.41) is 25.1. The lowest BCUT2D eigenvalue weighted by Gasteiger charge is -2.19. The summed E-state index contributed by atoms with van der Waals surface area (Å²) in [6, 6.07) is 10.2. The molecule has 1 aliphatic carbocycles. The summed E-state index contributed by atoms with van der Waals surface area (Å²) in [4.78, 5) is 26.6. The van der Waals surface area contributed by atoms with E-state index >= 15 is 0 Å². The molecule has 1 aromatic carbocycles. The van der Waals surface area contributed by atoms with Gasteiger partial charge in [-0.15, -0.1) is 0 Å². The second-order valence-corrected chi connectivity index (χ2v) is 11.2. The van der Waals surface area contributed by atoms with Gasteiger partial charge in [-0.05, 0) is 54.5 Å². The molecule has 0 radical (unpaired) electrons. The van der Waals surface area contributed by atoms with Gasteiger partial charge < -0.3 is 39.4 Å². The summed E-state index contributed by atoms with van der Waals surface area (Å²) < 4.78 is 23.3. The maximum atomic E-state index is 11.0. The van der Waals surface area contributed by atoms with Crippen LogP contribution in [0.2, 0.25) is 5.28 Å². The Morgan fingerprint density at radius 2 is 1.92 bits per heavy atom. The van der Waals surface area contributed by atoms with Crippen LogP contribution in [-0.2, 0) is 14.0 Å². The largest absolute Gasteiger partial charge is 0.387 e. The number of halogens is 1. The van der Waals surface area contributed by atoms with E-state index in [9.17, 15) is 14.8 Å². The van der Waals surface area contributed by atoms with Crippen molar-refractivity contribution in [3.63, 3.8) is 0 Å². The fraction of sp³-hybridized carbons (Fsp3) is 0.478. The Morgan fingerprint density at radius 3 is 2.58 bits per heavy atom. The molecule has 1 saturated carbocycles. The van der Waals surface area contributed by atoms with Gasteiger partial charge in [0.25, 0.3) is 0 Å². The van der Waals surface area contributed by atoms with Crippen molar-refractivity contribution in [2.24, 2.45) is 0 Å². The molecular formula is C23H28ClN4O7P. The third kappa shape index (κ3) is 5.44. The second-order valence-electron chi connectivity index (χ2n) is 9.32. The molecule has 2 aromatic heterocycles. The molecule has 3 aromatic rings. The van der Waals surface area contributed by atoms with Gasteiger partial charge in [-0.3, -0.25) is 4.57 Å². The third-order valence-electron chi connectivity index (χ3n) is 6.54. The number of aliphatic hydroxyl groups excluding tert-OH is 2. The van der Waals surface area contributed by atoms with Crippen LogP contribution in [0.3, 0.4) is 0 Å². The van der Waals surface area contributed by atoms with Crippen molar-refractivity contribution in [2.75, 3.05) is 18.3 Å². The molecule has 0 unspecified atom stereocenters. The summed E-state index contributed by atoms with van der Waals surface area (Å²) in [7, 11) is -4.37. The van der Waals surface area contributed by atoms with Crippen molar-refractivity contribution < 1.29 is 34.0 Å². The molecule has 1 aliphatic heterocycles. The molecule has 13 heteroatoms. The SMILES string of the molecule is C[C@@H](Nc1nc(Cl)nc2c1ccn2[C@@H]1O[C@H](COCP(=O)(O)O)[C@@H](O)[C@H]1O)c1ccc(C2CC2)cc1. The Kier molecular flexibility index (Phi) is 7.10. The molecule has 2 fully saturated rings. The van der Waals surface area contributed by atoms with Crippen LogP contribution in [0, 0.1) is 0 Å². The van der Waals surface area contributed by atoms with E-state index < -0.39 is 38.5 Å². The summed E-state index contributed by atoms with van der Waals surface area (Å²) in [6.07, 6.45) is -1.36. The molecule has 0 spiro atoms. The number of nitrogens with zero attached hydrogens (tertiary/aromatic N) is 3. The van der Waals surface area contributed by atoms with Gasteiger partial charge in [0.2, 0.25) is 5.28 Å². The summed E-state index contributed by atoms with van der Waals surface area (Å²) in [5.74, 6) is 1.20. The number of ether oxygens (including phenoxy) is 2. The van der Waals surface area contributed by atoms with Gasteiger partial charge in [-0.1, -0.05) is 24.3 Å². The van der Waals surface area contributed by atoms with Gasteiger partial charge >= 0.3 is 7.60 Å². The molecule has 1 saturated heterocycles. The highest BCUT2D eigenvalue weighted by atomic mass is 35.5. The first-order valence-electron chi connectivity index (χ1n) is 11.6. The van der Waals surface area contributed by atoms with Crippen molar-refractivity contribution in [3.05, 3.63) is 52.9 Å². The van der Waals surface area contributed by atoms with Crippen LogP contribution in [0.15, 0.2) is 36.5 Å². The van der Waals surface area contributed by atoms with Crippen molar-refractivity contribution >= 4 is 36.0 Å². The second kappa shape index (κ2) is 10.00. The van der Waals surface area contributed by atoms with Crippen LogP contribution in [-0.4, -0.2) is 65.8 Å². The number of nitrogens with one attached hydrogen (secondary N) is 1. The predicted octanol–water partition coefficient (Wildman–Crippen LogP) is 2.91. The molecule has 0 amide bonds. The monoisotopic (exact) mass is 538 g/mol. The van der Waals surface area contributed by atoms with E-state index in [2.05, 4.69) is 39.6 Å². The van der Waals surface area contributed by atoms with E-state index in [0.29, 0.717) is 22.8 Å². The zero-order valence-corrected chi connectivity index (χ0v) is 21.1. The molecule has 5 atom stereocenters. The van der Waals surface area contributed by atoms with Crippen molar-refractivity contribution in [1.82, 2.24) is 14.5 Å². The number of rotatable bonds is 9. The first kappa shape index (κ1) is 25.6. The molecule has 5 N–H and O–H groups in total. The number of hydrogen-bond acceptors (Lipinski definition) is 8. The fourth-order valence-electron chi connectivity index (χ4n) is 4.47. The highest BCUT2D eigenvalue weighted by molar-refractivity contribution is 7.51. The smallest absolute Gasteiger partial charge is 0.350 e. The Morgan fingerprint density at radius 1 is 1.19 bits per heavy atom. The number of aromatic nitrogens is 3. The zero-order valence-electron chi connectivity index (χ0n) is 19.4. The van der Waals surface area contributed by atoms with Crippen molar-refractivity contribution in [3.8, 4) is 0 Å². The van der Waals surface area contributed by atoms with E-state index in [0.717, 1.165) is 5.56 Å². The molecule has 11 nitrogen and oxygen atoms in total. The number of hydrogen-bond donors (Lipinski definition) is 5. The lowest BCUT2D eigenvalue weighted by Crippen LogP contribution is -2.33. The summed E-state index contributed by atoms with van der Waals surface area (Å²) in [5.41, 5.74) is 2.84. The van der Waals surface area contributed by atoms with Crippen molar-refractivity contribution in [2.45, 2.75) is 56.3 Å². The number of anilines is 1. The van der Waals surface area contributed by atoms with Crippen LogP contribution < -0.4 is 5.32 Å². The quantitative estimate of drug-likeness (QED) is 0.202. The standard InChI is InChI=1S/C23H28ClN4O7P/c1-12(13-2-4-14(5-3-13)15-6-7-15)25-20-16-8-9-28(21(16)27-23(24)26-20)22-19(30)18(29)17(35-22)10-34-11-36(31,32)33/h2-5,8-9,12,15,17-19,22,29-30H,6-7,10-11H2,1H3,(H,25,26,27)(H2,31,32,33)/t12-,17-,18-,19-,22-/m1/s1. The maximum absolute atomic E-state index is 11.0. The first-order valence-corrected chi connectivity index (χ1v) is 13.8. The van der Waals surface area contributed by atoms with Gasteiger partial charge in [-0.25, -0.2) is 4.98 Å². The fourth-order valence-corrected chi connectivity index (χ4v) is 4.98. The Labute approximate surface area is 212 Å². The van der Waals surface area contributed by atoms with E-state index in [1.54, 1.807) is 16.8 Å². The van der Waals surface area contributed by atoms with E-state index in [-0.39, 0.29) is 17.9 Å². The van der Waals surface area contributed by atoms with Gasteiger partial charge in [-0.2, -0.15) is 4.98 Å². The predicted molar refractivity (Wildman–Crippen MR) is 132 cm³/mol. The molecule has 36 heavy (non-hydrogen) atoms. The summed E-state index contributed by atoms with van der Waals surface area (Å²) in [6.45, 7) is 1.71. The van der Waals surface area contributed by atoms with Crippen LogP contribution >= 0.6 is 19.2 Å². The van der Waals surface area contributed by atoms with Crippen molar-refractivity contribution in [1.29, 1.82) is 0 Å². The molecule has 2 aliphatic rings. The molecular weight excluding hydrogens is 511 g/mol. The normalized spacial score (nSPS) is 25.4. The Hall–Kier alpha value is -2.08. The van der Waals surface area contributed by atoms with Gasteiger partial charge in [0, 0.05) is 12.2 Å². The minimum Gasteiger partial charge on any atom is -0.387 e. The van der Waals surface area contributed by atoms with Crippen LogP contribution in [0.1, 0.15) is 49.1 Å². The molecule has 0 bridgehead atoms. The van der Waals surface area contributed by atoms with Gasteiger partial charge in [0.05, 0.1) is 12.0 Å². The molecule has 194 valence electrons. The van der Waals surface area contributed by atoms with E-state index in [1.165, 1.54) is 18.4 Å².